The van der Waals surface area contributed by atoms with Crippen LogP contribution in [-0.2, 0) is 13.0 Å². The van der Waals surface area contributed by atoms with Crippen LogP contribution in [-0.4, -0.2) is 15.5 Å². The maximum Gasteiger partial charge on any atom is 0.261 e. The average Bonchev–Trinajstić information content (AvgIpc) is 2.79. The number of anilines is 1. The van der Waals surface area contributed by atoms with E-state index in [0.717, 1.165) is 17.8 Å². The number of benzene rings is 3. The van der Waals surface area contributed by atoms with Crippen LogP contribution in [0.15, 0.2) is 77.6 Å². The fourth-order valence-electron chi connectivity index (χ4n) is 3.49. The second kappa shape index (κ2) is 9.14. The molecule has 1 aromatic heterocycles. The van der Waals surface area contributed by atoms with Crippen molar-refractivity contribution in [1.29, 1.82) is 0 Å². The number of carbonyl (C=O) groups is 1. The summed E-state index contributed by atoms with van der Waals surface area (Å²) in [4.78, 5) is 30.6. The molecule has 0 saturated heterocycles. The van der Waals surface area contributed by atoms with Gasteiger partial charge in [0.1, 0.15) is 5.82 Å². The summed E-state index contributed by atoms with van der Waals surface area (Å²) in [6.07, 6.45) is 1.58. The van der Waals surface area contributed by atoms with Crippen LogP contribution >= 0.6 is 11.6 Å². The van der Waals surface area contributed by atoms with E-state index < -0.39 is 0 Å². The third-order valence-electron chi connectivity index (χ3n) is 5.05. The van der Waals surface area contributed by atoms with E-state index >= 15 is 0 Å². The Bertz CT molecular complexity index is 1280. The molecule has 0 unspecified atom stereocenters. The van der Waals surface area contributed by atoms with Crippen LogP contribution < -0.4 is 10.9 Å². The molecule has 0 aliphatic rings. The lowest BCUT2D eigenvalue weighted by atomic mass is 10.1. The van der Waals surface area contributed by atoms with Crippen LogP contribution in [0, 0.1) is 0 Å². The van der Waals surface area contributed by atoms with Crippen molar-refractivity contribution in [3.8, 4) is 0 Å². The van der Waals surface area contributed by atoms with Crippen LogP contribution in [0.4, 0.5) is 5.69 Å². The summed E-state index contributed by atoms with van der Waals surface area (Å²) < 4.78 is 1.71. The molecule has 1 amide bonds. The molecule has 0 atom stereocenters. The van der Waals surface area contributed by atoms with Gasteiger partial charge in [0.15, 0.2) is 0 Å². The van der Waals surface area contributed by atoms with Gasteiger partial charge in [-0.3, -0.25) is 14.2 Å². The molecule has 3 aromatic carbocycles. The van der Waals surface area contributed by atoms with Gasteiger partial charge in [0, 0.05) is 22.7 Å². The Hall–Kier alpha value is -3.44. The second-order valence-corrected chi connectivity index (χ2v) is 7.78. The molecule has 4 aromatic rings. The molecule has 31 heavy (non-hydrogen) atoms. The number of halogens is 1. The van der Waals surface area contributed by atoms with E-state index in [-0.39, 0.29) is 11.5 Å². The van der Waals surface area contributed by atoms with Crippen LogP contribution in [0.5, 0.6) is 0 Å². The molecule has 0 fully saturated rings. The summed E-state index contributed by atoms with van der Waals surface area (Å²) in [6, 6.07) is 21.7. The molecule has 1 heterocycles. The highest BCUT2D eigenvalue weighted by Gasteiger charge is 2.13. The fraction of sp³-hybridized carbons (Fsp3) is 0.160. The Labute approximate surface area is 185 Å². The molecule has 6 heteroatoms. The predicted molar refractivity (Wildman–Crippen MR) is 125 cm³/mol. The van der Waals surface area contributed by atoms with Crippen molar-refractivity contribution in [2.24, 2.45) is 0 Å². The summed E-state index contributed by atoms with van der Waals surface area (Å²) in [5.74, 6) is 0.521. The Morgan fingerprint density at radius 1 is 1.03 bits per heavy atom. The second-order valence-electron chi connectivity index (χ2n) is 7.35. The number of nitrogens with one attached hydrogen (secondary N) is 1. The van der Waals surface area contributed by atoms with Gasteiger partial charge >= 0.3 is 0 Å². The molecule has 0 spiro atoms. The lowest BCUT2D eigenvalue weighted by Gasteiger charge is -2.14. The zero-order valence-electron chi connectivity index (χ0n) is 17.1. The molecule has 5 nitrogen and oxygen atoms in total. The number of amides is 1. The van der Waals surface area contributed by atoms with Crippen molar-refractivity contribution in [3.63, 3.8) is 0 Å². The molecule has 0 radical (unpaired) electrons. The summed E-state index contributed by atoms with van der Waals surface area (Å²) >= 11 is 5.99. The van der Waals surface area contributed by atoms with Crippen LogP contribution in [0.1, 0.15) is 35.1 Å². The molecule has 156 valence electrons. The Kier molecular flexibility index (Phi) is 6.14. The summed E-state index contributed by atoms with van der Waals surface area (Å²) in [5, 5.41) is 3.99. The molecular weight excluding hydrogens is 410 g/mol. The zero-order chi connectivity index (χ0) is 21.8. The van der Waals surface area contributed by atoms with Crippen molar-refractivity contribution < 1.29 is 4.79 Å². The molecule has 0 aliphatic carbocycles. The van der Waals surface area contributed by atoms with E-state index in [0.29, 0.717) is 40.1 Å². The SMILES string of the molecule is CCCc1nc2ccc(NC(=O)c3ccccc3)cc2c(=O)n1Cc1ccc(Cl)cc1. The molecule has 0 aliphatic heterocycles. The maximum absolute atomic E-state index is 13.4. The van der Waals surface area contributed by atoms with E-state index in [9.17, 15) is 9.59 Å². The van der Waals surface area contributed by atoms with E-state index in [1.807, 2.05) is 42.5 Å². The summed E-state index contributed by atoms with van der Waals surface area (Å²) in [5.41, 5.74) is 2.58. The first-order valence-electron chi connectivity index (χ1n) is 10.2. The highest BCUT2D eigenvalue weighted by atomic mass is 35.5. The number of carbonyl (C=O) groups excluding carboxylic acids is 1. The van der Waals surface area contributed by atoms with Gasteiger partial charge in [-0.25, -0.2) is 4.98 Å². The number of aryl methyl sites for hydroxylation is 1. The first kappa shape index (κ1) is 20.8. The summed E-state index contributed by atoms with van der Waals surface area (Å²) in [7, 11) is 0. The first-order valence-corrected chi connectivity index (χ1v) is 10.6. The van der Waals surface area contributed by atoms with Crippen molar-refractivity contribution >= 4 is 34.1 Å². The first-order chi connectivity index (χ1) is 15.0. The topological polar surface area (TPSA) is 64.0 Å². The standard InChI is InChI=1S/C25H22ClN3O2/c1-2-6-23-28-22-14-13-20(27-24(30)18-7-4-3-5-8-18)15-21(22)25(31)29(23)16-17-9-11-19(26)12-10-17/h3-5,7-15H,2,6,16H2,1H3,(H,27,30). The molecule has 0 saturated carbocycles. The third-order valence-corrected chi connectivity index (χ3v) is 5.31. The van der Waals surface area contributed by atoms with Crippen molar-refractivity contribution in [2.75, 3.05) is 5.32 Å². The van der Waals surface area contributed by atoms with Gasteiger partial charge in [0.2, 0.25) is 0 Å². The van der Waals surface area contributed by atoms with Gasteiger partial charge in [-0.15, -0.1) is 0 Å². The number of hydrogen-bond acceptors (Lipinski definition) is 3. The largest absolute Gasteiger partial charge is 0.322 e. The van der Waals surface area contributed by atoms with E-state index in [1.54, 1.807) is 34.9 Å². The van der Waals surface area contributed by atoms with Crippen LogP contribution in [0.2, 0.25) is 5.02 Å². The minimum Gasteiger partial charge on any atom is -0.322 e. The lowest BCUT2D eigenvalue weighted by molar-refractivity contribution is 0.102. The van der Waals surface area contributed by atoms with Gasteiger partial charge in [0.05, 0.1) is 17.4 Å². The van der Waals surface area contributed by atoms with Crippen LogP contribution in [0.3, 0.4) is 0 Å². The van der Waals surface area contributed by atoms with Crippen LogP contribution in [0.25, 0.3) is 10.9 Å². The average molecular weight is 432 g/mol. The molecule has 0 bridgehead atoms. The van der Waals surface area contributed by atoms with E-state index in [4.69, 9.17) is 16.6 Å². The van der Waals surface area contributed by atoms with Crippen molar-refractivity contribution in [3.05, 3.63) is 105 Å². The monoisotopic (exact) mass is 431 g/mol. The van der Waals surface area contributed by atoms with Gasteiger partial charge in [-0.2, -0.15) is 0 Å². The Morgan fingerprint density at radius 3 is 2.48 bits per heavy atom. The Balaban J connectivity index is 1.73. The van der Waals surface area contributed by atoms with Gasteiger partial charge < -0.3 is 5.32 Å². The number of rotatable bonds is 6. The minimum atomic E-state index is -0.225. The smallest absolute Gasteiger partial charge is 0.261 e. The highest BCUT2D eigenvalue weighted by Crippen LogP contribution is 2.18. The van der Waals surface area contributed by atoms with Crippen molar-refractivity contribution in [1.82, 2.24) is 9.55 Å². The lowest BCUT2D eigenvalue weighted by Crippen LogP contribution is -2.26. The van der Waals surface area contributed by atoms with Gasteiger partial charge in [-0.05, 0) is 54.4 Å². The minimum absolute atomic E-state index is 0.126. The number of fused-ring (bicyclic) bond motifs is 1. The highest BCUT2D eigenvalue weighted by molar-refractivity contribution is 6.30. The fourth-order valence-corrected chi connectivity index (χ4v) is 3.61. The molecule has 4 rings (SSSR count). The van der Waals surface area contributed by atoms with Crippen molar-refractivity contribution in [2.45, 2.75) is 26.3 Å². The Morgan fingerprint density at radius 2 is 1.77 bits per heavy atom. The molecular formula is C25H22ClN3O2. The summed E-state index contributed by atoms with van der Waals surface area (Å²) in [6.45, 7) is 2.47. The number of nitrogens with zero attached hydrogens (tertiary/aromatic N) is 2. The zero-order valence-corrected chi connectivity index (χ0v) is 17.9. The number of hydrogen-bond donors (Lipinski definition) is 1. The third kappa shape index (κ3) is 4.67. The van der Waals surface area contributed by atoms with E-state index in [2.05, 4.69) is 12.2 Å². The van der Waals surface area contributed by atoms with E-state index in [1.165, 1.54) is 0 Å². The normalized spacial score (nSPS) is 10.9. The predicted octanol–water partition coefficient (Wildman–Crippen LogP) is 5.30. The van der Waals surface area contributed by atoms with Gasteiger partial charge in [-0.1, -0.05) is 48.9 Å². The quantitative estimate of drug-likeness (QED) is 0.450. The maximum atomic E-state index is 13.4. The molecule has 1 N–H and O–H groups in total. The van der Waals surface area contributed by atoms with Gasteiger partial charge in [0.25, 0.3) is 11.5 Å². The number of aromatic nitrogens is 2.